The molecule has 0 aliphatic carbocycles. The van der Waals surface area contributed by atoms with Gasteiger partial charge in [-0.25, -0.2) is 0 Å². The lowest BCUT2D eigenvalue weighted by molar-refractivity contribution is 0.531. The van der Waals surface area contributed by atoms with Crippen LogP contribution < -0.4 is 0 Å². The predicted octanol–water partition coefficient (Wildman–Crippen LogP) is 4.17. The van der Waals surface area contributed by atoms with E-state index in [-0.39, 0.29) is 5.38 Å². The van der Waals surface area contributed by atoms with Crippen molar-refractivity contribution in [2.75, 3.05) is 0 Å². The zero-order chi connectivity index (χ0) is 9.97. The fourth-order valence-corrected chi connectivity index (χ4v) is 2.48. The minimum absolute atomic E-state index is 0.0195. The van der Waals surface area contributed by atoms with Crippen molar-refractivity contribution in [1.82, 2.24) is 0 Å². The molecule has 0 amide bonds. The first-order valence-corrected chi connectivity index (χ1v) is 5.79. The first kappa shape index (κ1) is 9.81. The van der Waals surface area contributed by atoms with Crippen molar-refractivity contribution in [3.05, 3.63) is 46.0 Å². The van der Waals surface area contributed by atoms with Crippen molar-refractivity contribution in [2.24, 2.45) is 0 Å². The van der Waals surface area contributed by atoms with Crippen LogP contribution in [0.4, 0.5) is 0 Å². The minimum atomic E-state index is 0.0195. The molecule has 3 heteroatoms. The topological polar surface area (TPSA) is 13.1 Å². The molecule has 0 N–H and O–H groups in total. The van der Waals surface area contributed by atoms with Crippen molar-refractivity contribution in [3.63, 3.8) is 0 Å². The first-order chi connectivity index (χ1) is 6.75. The summed E-state index contributed by atoms with van der Waals surface area (Å²) in [6, 6.07) is 6.14. The third kappa shape index (κ3) is 2.20. The number of hydrogen-bond donors (Lipinski definition) is 0. The maximum Gasteiger partial charge on any atom is 0.101 e. The van der Waals surface area contributed by atoms with Gasteiger partial charge in [0, 0.05) is 16.9 Å². The zero-order valence-electron chi connectivity index (χ0n) is 7.87. The van der Waals surface area contributed by atoms with Crippen LogP contribution in [-0.4, -0.2) is 0 Å². The van der Waals surface area contributed by atoms with Crippen LogP contribution in [-0.2, 0) is 6.42 Å². The van der Waals surface area contributed by atoms with E-state index in [0.29, 0.717) is 0 Å². The van der Waals surface area contributed by atoms with Crippen LogP contribution in [0.2, 0.25) is 0 Å². The van der Waals surface area contributed by atoms with E-state index in [9.17, 15) is 0 Å². The third-order valence-corrected chi connectivity index (χ3v) is 3.38. The molecule has 2 aromatic rings. The van der Waals surface area contributed by atoms with Gasteiger partial charge in [0.25, 0.3) is 0 Å². The standard InChI is InChI=1S/C11H11ClOS/c1-8-5-9(7-13-8)11(12)6-10-3-2-4-14-10/h2-5,7,11H,6H2,1H3. The van der Waals surface area contributed by atoms with Gasteiger partial charge in [0.1, 0.15) is 5.76 Å². The summed E-state index contributed by atoms with van der Waals surface area (Å²) in [6.45, 7) is 1.93. The first-order valence-electron chi connectivity index (χ1n) is 4.47. The summed E-state index contributed by atoms with van der Waals surface area (Å²) in [5.74, 6) is 0.914. The highest BCUT2D eigenvalue weighted by Gasteiger charge is 2.11. The summed E-state index contributed by atoms with van der Waals surface area (Å²) in [7, 11) is 0. The number of aryl methyl sites for hydroxylation is 1. The lowest BCUT2D eigenvalue weighted by atomic mass is 10.1. The summed E-state index contributed by atoms with van der Waals surface area (Å²) in [5.41, 5.74) is 1.07. The van der Waals surface area contributed by atoms with E-state index >= 15 is 0 Å². The third-order valence-electron chi connectivity index (χ3n) is 2.07. The van der Waals surface area contributed by atoms with Crippen molar-refractivity contribution >= 4 is 22.9 Å². The maximum absolute atomic E-state index is 6.26. The second-order valence-electron chi connectivity index (χ2n) is 3.24. The van der Waals surface area contributed by atoms with E-state index in [4.69, 9.17) is 16.0 Å². The fraction of sp³-hybridized carbons (Fsp3) is 0.273. The van der Waals surface area contributed by atoms with E-state index in [2.05, 4.69) is 11.4 Å². The number of furan rings is 1. The SMILES string of the molecule is Cc1cc(C(Cl)Cc2cccs2)co1. The quantitative estimate of drug-likeness (QED) is 0.716. The summed E-state index contributed by atoms with van der Waals surface area (Å²) in [6.07, 6.45) is 2.61. The van der Waals surface area contributed by atoms with Gasteiger partial charge in [-0.1, -0.05) is 6.07 Å². The Morgan fingerprint density at radius 3 is 3.00 bits per heavy atom. The van der Waals surface area contributed by atoms with Crippen molar-refractivity contribution in [3.8, 4) is 0 Å². The van der Waals surface area contributed by atoms with Gasteiger partial charge < -0.3 is 4.42 Å². The molecular formula is C11H11ClOS. The van der Waals surface area contributed by atoms with E-state index in [0.717, 1.165) is 17.7 Å². The normalized spacial score (nSPS) is 13.0. The van der Waals surface area contributed by atoms with Crippen LogP contribution in [0.3, 0.4) is 0 Å². The number of thiophene rings is 1. The van der Waals surface area contributed by atoms with Gasteiger partial charge >= 0.3 is 0 Å². The summed E-state index contributed by atoms with van der Waals surface area (Å²) >= 11 is 8.00. The zero-order valence-corrected chi connectivity index (χ0v) is 9.44. The molecule has 0 fully saturated rings. The molecule has 0 aliphatic heterocycles. The minimum Gasteiger partial charge on any atom is -0.469 e. The van der Waals surface area contributed by atoms with Crippen LogP contribution >= 0.6 is 22.9 Å². The predicted molar refractivity (Wildman–Crippen MR) is 60.1 cm³/mol. The smallest absolute Gasteiger partial charge is 0.101 e. The van der Waals surface area contributed by atoms with Gasteiger partial charge in [0.05, 0.1) is 11.6 Å². The Morgan fingerprint density at radius 2 is 2.43 bits per heavy atom. The largest absolute Gasteiger partial charge is 0.469 e. The van der Waals surface area contributed by atoms with Gasteiger partial charge in [-0.2, -0.15) is 0 Å². The van der Waals surface area contributed by atoms with Crippen LogP contribution in [0.15, 0.2) is 34.3 Å². The van der Waals surface area contributed by atoms with E-state index in [1.165, 1.54) is 4.88 Å². The molecule has 0 aliphatic rings. The molecule has 0 radical (unpaired) electrons. The molecule has 1 atom stereocenters. The van der Waals surface area contributed by atoms with Crippen molar-refractivity contribution < 1.29 is 4.42 Å². The molecule has 0 spiro atoms. The van der Waals surface area contributed by atoms with Gasteiger partial charge in [0.2, 0.25) is 0 Å². The average Bonchev–Trinajstić information content (AvgIpc) is 2.75. The highest BCUT2D eigenvalue weighted by molar-refractivity contribution is 7.09. The highest BCUT2D eigenvalue weighted by Crippen LogP contribution is 2.27. The average molecular weight is 227 g/mol. The Labute approximate surface area is 92.3 Å². The van der Waals surface area contributed by atoms with Gasteiger partial charge in [0.15, 0.2) is 0 Å². The Bertz CT molecular complexity index is 391. The summed E-state index contributed by atoms with van der Waals surface area (Å²) in [5, 5.41) is 2.09. The molecule has 0 saturated heterocycles. The number of rotatable bonds is 3. The number of hydrogen-bond acceptors (Lipinski definition) is 2. The van der Waals surface area contributed by atoms with Crippen LogP contribution in [0.1, 0.15) is 21.6 Å². The van der Waals surface area contributed by atoms with Crippen molar-refractivity contribution in [1.29, 1.82) is 0 Å². The van der Waals surface area contributed by atoms with Crippen molar-refractivity contribution in [2.45, 2.75) is 18.7 Å². The second kappa shape index (κ2) is 4.20. The molecule has 0 saturated carbocycles. The fourth-order valence-electron chi connectivity index (χ4n) is 1.35. The molecule has 1 nitrogen and oxygen atoms in total. The Balaban J connectivity index is 2.06. The Hall–Kier alpha value is -0.730. The molecule has 2 rings (SSSR count). The Morgan fingerprint density at radius 1 is 1.57 bits per heavy atom. The monoisotopic (exact) mass is 226 g/mol. The number of halogens is 1. The molecule has 0 aromatic carbocycles. The van der Waals surface area contributed by atoms with Crippen LogP contribution in [0.25, 0.3) is 0 Å². The van der Waals surface area contributed by atoms with Gasteiger partial charge in [-0.3, -0.25) is 0 Å². The van der Waals surface area contributed by atoms with E-state index in [1.54, 1.807) is 17.6 Å². The van der Waals surface area contributed by atoms with Crippen LogP contribution in [0.5, 0.6) is 0 Å². The molecule has 74 valence electrons. The van der Waals surface area contributed by atoms with Gasteiger partial charge in [-0.15, -0.1) is 22.9 Å². The Kier molecular flexibility index (Phi) is 2.94. The van der Waals surface area contributed by atoms with Gasteiger partial charge in [-0.05, 0) is 24.4 Å². The highest BCUT2D eigenvalue weighted by atomic mass is 35.5. The summed E-state index contributed by atoms with van der Waals surface area (Å²) < 4.78 is 5.22. The van der Waals surface area contributed by atoms with E-state index < -0.39 is 0 Å². The molecule has 14 heavy (non-hydrogen) atoms. The molecular weight excluding hydrogens is 216 g/mol. The molecule has 1 unspecified atom stereocenters. The lowest BCUT2D eigenvalue weighted by Crippen LogP contribution is -1.91. The lowest BCUT2D eigenvalue weighted by Gasteiger charge is -2.03. The summed E-state index contributed by atoms with van der Waals surface area (Å²) in [4.78, 5) is 1.31. The molecule has 0 bridgehead atoms. The van der Waals surface area contributed by atoms with E-state index in [1.807, 2.05) is 19.1 Å². The second-order valence-corrected chi connectivity index (χ2v) is 4.80. The number of alkyl halides is 1. The molecule has 2 heterocycles. The van der Waals surface area contributed by atoms with Crippen LogP contribution in [0, 0.1) is 6.92 Å². The maximum atomic E-state index is 6.26. The molecule has 2 aromatic heterocycles.